The lowest BCUT2D eigenvalue weighted by molar-refractivity contribution is 0.190. The summed E-state index contributed by atoms with van der Waals surface area (Å²) in [6.45, 7) is 1.02. The van der Waals surface area contributed by atoms with Gasteiger partial charge in [0.2, 0.25) is 0 Å². The van der Waals surface area contributed by atoms with Crippen LogP contribution in [-0.4, -0.2) is 37.8 Å². The topological polar surface area (TPSA) is 74.8 Å². The lowest BCUT2D eigenvalue weighted by Gasteiger charge is -2.07. The third kappa shape index (κ3) is 2.93. The maximum atomic E-state index is 14.0. The Balaban J connectivity index is 1.88. The van der Waals surface area contributed by atoms with Crippen LogP contribution >= 0.6 is 0 Å². The van der Waals surface area contributed by atoms with E-state index < -0.39 is 0 Å². The molecule has 7 nitrogen and oxygen atoms in total. The summed E-state index contributed by atoms with van der Waals surface area (Å²) in [6, 6.07) is 13.6. The molecule has 0 saturated heterocycles. The van der Waals surface area contributed by atoms with Crippen LogP contribution in [0, 0.1) is 5.82 Å². The Morgan fingerprint density at radius 2 is 1.83 bits per heavy atom. The van der Waals surface area contributed by atoms with Crippen LogP contribution in [0.15, 0.2) is 59.7 Å². The van der Waals surface area contributed by atoms with Crippen molar-refractivity contribution in [3.63, 3.8) is 0 Å². The van der Waals surface area contributed by atoms with E-state index in [1.807, 2.05) is 24.3 Å². The lowest BCUT2D eigenvalue weighted by Crippen LogP contribution is -2.21. The first-order valence-electron chi connectivity index (χ1n) is 9.58. The van der Waals surface area contributed by atoms with Crippen LogP contribution in [0.25, 0.3) is 38.9 Å². The maximum Gasteiger partial charge on any atom is 0.265 e. The predicted octanol–water partition coefficient (Wildman–Crippen LogP) is 3.46. The minimum atomic E-state index is -0.385. The van der Waals surface area contributed by atoms with E-state index in [1.54, 1.807) is 28.4 Å². The third-order valence-corrected chi connectivity index (χ3v) is 5.04. The molecule has 5 rings (SSSR count). The van der Waals surface area contributed by atoms with E-state index in [0.717, 1.165) is 0 Å². The highest BCUT2D eigenvalue weighted by Gasteiger charge is 2.21. The van der Waals surface area contributed by atoms with Crippen LogP contribution in [-0.2, 0) is 11.3 Å². The molecule has 0 radical (unpaired) electrons. The van der Waals surface area contributed by atoms with Gasteiger partial charge in [-0.1, -0.05) is 18.2 Å². The summed E-state index contributed by atoms with van der Waals surface area (Å²) in [5.74, 6) is -0.385. The van der Waals surface area contributed by atoms with Crippen molar-refractivity contribution in [1.82, 2.24) is 24.1 Å². The van der Waals surface area contributed by atoms with Gasteiger partial charge in [0.1, 0.15) is 16.7 Å². The number of fused-ring (bicyclic) bond motifs is 4. The van der Waals surface area contributed by atoms with E-state index in [9.17, 15) is 9.18 Å². The van der Waals surface area contributed by atoms with Gasteiger partial charge in [-0.25, -0.2) is 19.3 Å². The Labute approximate surface area is 170 Å². The monoisotopic (exact) mass is 403 g/mol. The number of aryl methyl sites for hydroxylation is 1. The third-order valence-electron chi connectivity index (χ3n) is 5.04. The Morgan fingerprint density at radius 1 is 1.03 bits per heavy atom. The number of halogens is 1. The zero-order valence-corrected chi connectivity index (χ0v) is 16.2. The number of rotatable bonds is 5. The fourth-order valence-electron chi connectivity index (χ4n) is 3.67. The molecule has 0 aliphatic carbocycles. The van der Waals surface area contributed by atoms with Crippen molar-refractivity contribution in [1.29, 1.82) is 0 Å². The number of benzene rings is 2. The fraction of sp³-hybridized carbons (Fsp3) is 0.182. The minimum absolute atomic E-state index is 0.208. The van der Waals surface area contributed by atoms with Crippen molar-refractivity contribution in [2.24, 2.45) is 0 Å². The normalized spacial score (nSPS) is 11.7. The first kappa shape index (κ1) is 18.4. The molecule has 0 unspecified atom stereocenters. The van der Waals surface area contributed by atoms with Gasteiger partial charge in [-0.2, -0.15) is 0 Å². The van der Waals surface area contributed by atoms with Crippen molar-refractivity contribution in [3.05, 3.63) is 71.0 Å². The number of nitrogens with zero attached hydrogens (tertiary/aromatic N) is 5. The molecule has 0 bridgehead atoms. The van der Waals surface area contributed by atoms with Crippen LogP contribution < -0.4 is 5.56 Å². The Morgan fingerprint density at radius 3 is 2.60 bits per heavy atom. The van der Waals surface area contributed by atoms with Crippen LogP contribution in [0.5, 0.6) is 0 Å². The molecule has 0 aliphatic heterocycles. The Bertz CT molecular complexity index is 1460. The highest BCUT2D eigenvalue weighted by atomic mass is 19.1. The van der Waals surface area contributed by atoms with E-state index in [0.29, 0.717) is 58.5 Å². The molecule has 150 valence electrons. The number of ether oxygens (including phenoxy) is 1. The second-order valence-corrected chi connectivity index (χ2v) is 6.99. The van der Waals surface area contributed by atoms with Gasteiger partial charge < -0.3 is 4.74 Å². The number of methoxy groups -OCH3 is 1. The molecule has 3 heterocycles. The first-order chi connectivity index (χ1) is 14.7. The highest BCUT2D eigenvalue weighted by molar-refractivity contribution is 6.05. The fourth-order valence-corrected chi connectivity index (χ4v) is 3.67. The van der Waals surface area contributed by atoms with Gasteiger partial charge in [0.15, 0.2) is 11.3 Å². The molecule has 30 heavy (non-hydrogen) atoms. The zero-order chi connectivity index (χ0) is 20.7. The van der Waals surface area contributed by atoms with Crippen molar-refractivity contribution < 1.29 is 9.13 Å². The lowest BCUT2D eigenvalue weighted by atomic mass is 10.3. The molecule has 0 aliphatic rings. The number of hydrogen-bond acceptors (Lipinski definition) is 5. The quantitative estimate of drug-likeness (QED) is 0.420. The summed E-state index contributed by atoms with van der Waals surface area (Å²) in [7, 11) is 1.62. The van der Waals surface area contributed by atoms with E-state index >= 15 is 0 Å². The zero-order valence-electron chi connectivity index (χ0n) is 16.2. The van der Waals surface area contributed by atoms with Gasteiger partial charge >= 0.3 is 0 Å². The van der Waals surface area contributed by atoms with Crippen LogP contribution in [0.4, 0.5) is 4.39 Å². The average Bonchev–Trinajstić information content (AvgIpc) is 3.07. The van der Waals surface area contributed by atoms with E-state index in [2.05, 4.69) is 4.98 Å². The molecule has 0 spiro atoms. The van der Waals surface area contributed by atoms with E-state index in [1.165, 1.54) is 18.5 Å². The average molecular weight is 403 g/mol. The second-order valence-electron chi connectivity index (χ2n) is 6.99. The smallest absolute Gasteiger partial charge is 0.265 e. The van der Waals surface area contributed by atoms with Crippen LogP contribution in [0.1, 0.15) is 6.42 Å². The van der Waals surface area contributed by atoms with Gasteiger partial charge in [-0.05, 0) is 36.8 Å². The molecular formula is C22H18FN5O2. The van der Waals surface area contributed by atoms with Crippen molar-refractivity contribution >= 4 is 33.2 Å². The van der Waals surface area contributed by atoms with Crippen molar-refractivity contribution in [2.75, 3.05) is 13.7 Å². The second kappa shape index (κ2) is 7.31. The summed E-state index contributed by atoms with van der Waals surface area (Å²) in [4.78, 5) is 27.3. The SMILES string of the molecule is COCCCn1cnc2c(c1=O)c1nc3ccccc3nc1n2-c1cccc(F)c1. The molecule has 3 aromatic heterocycles. The van der Waals surface area contributed by atoms with Gasteiger partial charge in [0.25, 0.3) is 5.56 Å². The predicted molar refractivity (Wildman–Crippen MR) is 112 cm³/mol. The molecule has 0 atom stereocenters. The van der Waals surface area contributed by atoms with Crippen molar-refractivity contribution in [3.8, 4) is 5.69 Å². The highest BCUT2D eigenvalue weighted by Crippen LogP contribution is 2.28. The Kier molecular flexibility index (Phi) is 4.48. The number of hydrogen-bond donors (Lipinski definition) is 0. The molecule has 0 saturated carbocycles. The molecule has 0 amide bonds. The summed E-state index contributed by atoms with van der Waals surface area (Å²) >= 11 is 0. The number of para-hydroxylation sites is 2. The standard InChI is InChI=1S/C22H18FN5O2/c1-30-11-5-10-27-13-24-20-18(22(27)29)19-21(26-17-9-3-2-8-16(17)25-19)28(20)15-7-4-6-14(23)12-15/h2-4,6-9,12-13H,5,10-11H2,1H3. The van der Waals surface area contributed by atoms with Crippen LogP contribution in [0.2, 0.25) is 0 Å². The molecule has 0 N–H and O–H groups in total. The van der Waals surface area contributed by atoms with Gasteiger partial charge in [0.05, 0.1) is 23.0 Å². The van der Waals surface area contributed by atoms with Gasteiger partial charge in [0, 0.05) is 20.3 Å². The molecule has 5 aromatic rings. The van der Waals surface area contributed by atoms with Crippen molar-refractivity contribution in [2.45, 2.75) is 13.0 Å². The maximum absolute atomic E-state index is 14.0. The molecular weight excluding hydrogens is 385 g/mol. The largest absolute Gasteiger partial charge is 0.385 e. The van der Waals surface area contributed by atoms with E-state index in [4.69, 9.17) is 14.7 Å². The van der Waals surface area contributed by atoms with Gasteiger partial charge in [-0.3, -0.25) is 13.9 Å². The first-order valence-corrected chi connectivity index (χ1v) is 9.58. The Hall–Kier alpha value is -3.65. The molecule has 0 fully saturated rings. The molecule has 8 heteroatoms. The van der Waals surface area contributed by atoms with Gasteiger partial charge in [-0.15, -0.1) is 0 Å². The summed E-state index contributed by atoms with van der Waals surface area (Å²) < 4.78 is 22.3. The molecule has 2 aromatic carbocycles. The van der Waals surface area contributed by atoms with E-state index in [-0.39, 0.29) is 11.4 Å². The summed E-state index contributed by atoms with van der Waals surface area (Å²) in [6.07, 6.45) is 2.19. The number of aromatic nitrogens is 5. The summed E-state index contributed by atoms with van der Waals surface area (Å²) in [5.41, 5.74) is 3.01. The van der Waals surface area contributed by atoms with Crippen LogP contribution in [0.3, 0.4) is 0 Å². The minimum Gasteiger partial charge on any atom is -0.385 e. The summed E-state index contributed by atoms with van der Waals surface area (Å²) in [5, 5.41) is 0.368.